The summed E-state index contributed by atoms with van der Waals surface area (Å²) in [6.45, 7) is 1.94. The van der Waals surface area contributed by atoms with E-state index >= 15 is 0 Å². The zero-order valence-corrected chi connectivity index (χ0v) is 12.8. The van der Waals surface area contributed by atoms with Crippen molar-refractivity contribution in [3.05, 3.63) is 69.7 Å². The van der Waals surface area contributed by atoms with Crippen LogP contribution in [0.1, 0.15) is 24.5 Å². The van der Waals surface area contributed by atoms with Gasteiger partial charge in [-0.2, -0.15) is 0 Å². The summed E-state index contributed by atoms with van der Waals surface area (Å²) in [4.78, 5) is 0. The van der Waals surface area contributed by atoms with E-state index in [2.05, 4.69) is 15.9 Å². The quantitative estimate of drug-likeness (QED) is 0.869. The van der Waals surface area contributed by atoms with Crippen LogP contribution in [-0.2, 0) is 12.0 Å². The molecule has 2 aromatic rings. The van der Waals surface area contributed by atoms with Gasteiger partial charge in [-0.3, -0.25) is 0 Å². The molecule has 4 heteroatoms. The summed E-state index contributed by atoms with van der Waals surface area (Å²) < 4.78 is 27.6. The summed E-state index contributed by atoms with van der Waals surface area (Å²) in [5, 5.41) is 0. The topological polar surface area (TPSA) is 26.0 Å². The van der Waals surface area contributed by atoms with Crippen molar-refractivity contribution in [3.8, 4) is 0 Å². The Morgan fingerprint density at radius 1 is 1.10 bits per heavy atom. The van der Waals surface area contributed by atoms with E-state index in [9.17, 15) is 8.78 Å². The Kier molecular flexibility index (Phi) is 4.55. The van der Waals surface area contributed by atoms with E-state index in [0.717, 1.165) is 15.6 Å². The summed E-state index contributed by atoms with van der Waals surface area (Å²) in [6, 6.07) is 10.8. The highest BCUT2D eigenvalue weighted by atomic mass is 79.9. The third-order valence-corrected chi connectivity index (χ3v) is 4.32. The summed E-state index contributed by atoms with van der Waals surface area (Å²) in [5.41, 5.74) is 7.20. The van der Waals surface area contributed by atoms with Crippen LogP contribution in [0.15, 0.2) is 46.9 Å². The van der Waals surface area contributed by atoms with Gasteiger partial charge in [0, 0.05) is 10.0 Å². The lowest BCUT2D eigenvalue weighted by Gasteiger charge is -2.29. The lowest BCUT2D eigenvalue weighted by Crippen LogP contribution is -2.38. The molecule has 0 heterocycles. The largest absolute Gasteiger partial charge is 0.321 e. The Morgan fingerprint density at radius 3 is 2.45 bits per heavy atom. The van der Waals surface area contributed by atoms with Gasteiger partial charge in [-0.05, 0) is 54.3 Å². The van der Waals surface area contributed by atoms with Gasteiger partial charge in [-0.15, -0.1) is 0 Å². The first-order valence-corrected chi connectivity index (χ1v) is 7.23. The minimum Gasteiger partial charge on any atom is -0.321 e. The normalized spacial score (nSPS) is 14.1. The molecule has 2 rings (SSSR count). The van der Waals surface area contributed by atoms with E-state index in [0.29, 0.717) is 12.8 Å². The smallest absolute Gasteiger partial charge is 0.123 e. The molecule has 0 radical (unpaired) electrons. The van der Waals surface area contributed by atoms with Crippen molar-refractivity contribution >= 4 is 15.9 Å². The Balaban J connectivity index is 2.39. The van der Waals surface area contributed by atoms with Gasteiger partial charge in [-0.1, -0.05) is 35.0 Å². The molecule has 1 nitrogen and oxygen atoms in total. The maximum absolute atomic E-state index is 13.4. The van der Waals surface area contributed by atoms with Crippen LogP contribution in [0, 0.1) is 11.6 Å². The number of benzene rings is 2. The van der Waals surface area contributed by atoms with Crippen molar-refractivity contribution in [2.75, 3.05) is 0 Å². The van der Waals surface area contributed by atoms with Crippen molar-refractivity contribution in [1.82, 2.24) is 0 Å². The standard InChI is InChI=1S/C16H16BrF2N/c1-2-16(20,12-4-3-5-13(18)9-12)10-11-8-14(19)6-7-15(11)17/h3-9H,2,10,20H2,1H3. The molecule has 0 aromatic heterocycles. The van der Waals surface area contributed by atoms with Crippen LogP contribution < -0.4 is 5.73 Å². The molecule has 0 spiro atoms. The molecule has 20 heavy (non-hydrogen) atoms. The highest BCUT2D eigenvalue weighted by molar-refractivity contribution is 9.10. The van der Waals surface area contributed by atoms with Crippen molar-refractivity contribution < 1.29 is 8.78 Å². The van der Waals surface area contributed by atoms with Gasteiger partial charge in [0.25, 0.3) is 0 Å². The number of rotatable bonds is 4. The molecular formula is C16H16BrF2N. The van der Waals surface area contributed by atoms with Crippen molar-refractivity contribution in [2.45, 2.75) is 25.3 Å². The monoisotopic (exact) mass is 339 g/mol. The molecule has 106 valence electrons. The fraction of sp³-hybridized carbons (Fsp3) is 0.250. The van der Waals surface area contributed by atoms with E-state index in [1.165, 1.54) is 24.3 Å². The zero-order chi connectivity index (χ0) is 14.8. The Bertz CT molecular complexity index is 615. The molecule has 0 aliphatic rings. The summed E-state index contributed by atoms with van der Waals surface area (Å²) >= 11 is 3.40. The first-order chi connectivity index (χ1) is 9.44. The number of halogens is 3. The summed E-state index contributed by atoms with van der Waals surface area (Å²) in [6.07, 6.45) is 1.06. The molecule has 2 aromatic carbocycles. The minimum absolute atomic E-state index is 0.305. The summed E-state index contributed by atoms with van der Waals surface area (Å²) in [7, 11) is 0. The number of hydrogen-bond donors (Lipinski definition) is 1. The van der Waals surface area contributed by atoms with Gasteiger partial charge in [0.1, 0.15) is 11.6 Å². The molecule has 1 atom stereocenters. The van der Waals surface area contributed by atoms with Gasteiger partial charge in [0.2, 0.25) is 0 Å². The molecule has 0 saturated carbocycles. The van der Waals surface area contributed by atoms with Crippen LogP contribution in [-0.4, -0.2) is 0 Å². The molecule has 0 amide bonds. The van der Waals surface area contributed by atoms with Gasteiger partial charge in [-0.25, -0.2) is 8.78 Å². The van der Waals surface area contributed by atoms with Crippen molar-refractivity contribution in [2.24, 2.45) is 5.73 Å². The van der Waals surface area contributed by atoms with Crippen LogP contribution in [0.2, 0.25) is 0 Å². The second-order valence-corrected chi connectivity index (χ2v) is 5.79. The average molecular weight is 340 g/mol. The van der Waals surface area contributed by atoms with Gasteiger partial charge >= 0.3 is 0 Å². The molecule has 0 bridgehead atoms. The maximum Gasteiger partial charge on any atom is 0.123 e. The van der Waals surface area contributed by atoms with Crippen LogP contribution >= 0.6 is 15.9 Å². The molecule has 0 aliphatic heterocycles. The zero-order valence-electron chi connectivity index (χ0n) is 11.2. The Labute approximate surface area is 125 Å². The fourth-order valence-electron chi connectivity index (χ4n) is 2.25. The number of nitrogens with two attached hydrogens (primary N) is 1. The molecular weight excluding hydrogens is 324 g/mol. The van der Waals surface area contributed by atoms with E-state index in [-0.39, 0.29) is 11.6 Å². The molecule has 1 unspecified atom stereocenters. The van der Waals surface area contributed by atoms with Crippen LogP contribution in [0.5, 0.6) is 0 Å². The van der Waals surface area contributed by atoms with Crippen LogP contribution in [0.25, 0.3) is 0 Å². The highest BCUT2D eigenvalue weighted by Crippen LogP contribution is 2.30. The van der Waals surface area contributed by atoms with Crippen molar-refractivity contribution in [3.63, 3.8) is 0 Å². The third kappa shape index (κ3) is 3.25. The SMILES string of the molecule is CCC(N)(Cc1cc(F)ccc1Br)c1cccc(F)c1. The maximum atomic E-state index is 13.4. The summed E-state index contributed by atoms with van der Waals surface area (Å²) in [5.74, 6) is -0.620. The Morgan fingerprint density at radius 2 is 1.80 bits per heavy atom. The molecule has 0 aliphatic carbocycles. The predicted octanol–water partition coefficient (Wildman–Crippen LogP) is 4.53. The first kappa shape index (κ1) is 15.1. The molecule has 0 fully saturated rings. The van der Waals surface area contributed by atoms with E-state index in [1.807, 2.05) is 6.92 Å². The van der Waals surface area contributed by atoms with Gasteiger partial charge in [0.15, 0.2) is 0 Å². The highest BCUT2D eigenvalue weighted by Gasteiger charge is 2.27. The van der Waals surface area contributed by atoms with E-state index in [4.69, 9.17) is 5.73 Å². The van der Waals surface area contributed by atoms with Gasteiger partial charge in [0.05, 0.1) is 0 Å². The lowest BCUT2D eigenvalue weighted by molar-refractivity contribution is 0.420. The van der Waals surface area contributed by atoms with Crippen LogP contribution in [0.3, 0.4) is 0 Å². The average Bonchev–Trinajstić information content (AvgIpc) is 2.43. The fourth-order valence-corrected chi connectivity index (χ4v) is 2.63. The Hall–Kier alpha value is -1.26. The van der Waals surface area contributed by atoms with E-state index in [1.54, 1.807) is 18.2 Å². The minimum atomic E-state index is -0.724. The van der Waals surface area contributed by atoms with Crippen molar-refractivity contribution in [1.29, 1.82) is 0 Å². The van der Waals surface area contributed by atoms with Gasteiger partial charge < -0.3 is 5.73 Å². The molecule has 0 saturated heterocycles. The second kappa shape index (κ2) is 6.02. The first-order valence-electron chi connectivity index (χ1n) is 6.43. The second-order valence-electron chi connectivity index (χ2n) is 4.93. The third-order valence-electron chi connectivity index (χ3n) is 3.54. The lowest BCUT2D eigenvalue weighted by atomic mass is 9.82. The molecule has 2 N–H and O–H groups in total. The predicted molar refractivity (Wildman–Crippen MR) is 80.4 cm³/mol. The van der Waals surface area contributed by atoms with Crippen LogP contribution in [0.4, 0.5) is 8.78 Å². The number of hydrogen-bond acceptors (Lipinski definition) is 1. The van der Waals surface area contributed by atoms with E-state index < -0.39 is 5.54 Å².